The first-order valence-corrected chi connectivity index (χ1v) is 14.8. The van der Waals surface area contributed by atoms with Gasteiger partial charge in [0.1, 0.15) is 0 Å². The average molecular weight is 488 g/mol. The minimum atomic E-state index is -0.210. The summed E-state index contributed by atoms with van der Waals surface area (Å²) in [5.74, 6) is 4.33. The van der Waals surface area contributed by atoms with Crippen LogP contribution >= 0.6 is 11.6 Å². The van der Waals surface area contributed by atoms with E-state index in [1.54, 1.807) is 16.7 Å². The minimum Gasteiger partial charge on any atom is -0.389 e. The fourth-order valence-corrected chi connectivity index (χ4v) is 10.2. The molecule has 0 aromatic heterocycles. The third kappa shape index (κ3) is 3.54. The number of allylic oxidation sites excluding steroid dienone is 2. The predicted molar refractivity (Wildman–Crippen MR) is 139 cm³/mol. The fourth-order valence-electron chi connectivity index (χ4n) is 10.0. The molecule has 1 N–H and O–H groups in total. The van der Waals surface area contributed by atoms with Crippen LogP contribution in [0.1, 0.15) is 85.5 Å². The summed E-state index contributed by atoms with van der Waals surface area (Å²) < 4.78 is 7.17. The fraction of sp³-hybridized carbons (Fsp3) is 0.867. The van der Waals surface area contributed by atoms with Crippen LogP contribution in [0.2, 0.25) is 0 Å². The van der Waals surface area contributed by atoms with E-state index in [0.29, 0.717) is 29.4 Å². The van der Waals surface area contributed by atoms with E-state index in [1.165, 1.54) is 51.5 Å². The zero-order valence-corrected chi connectivity index (χ0v) is 22.6. The average Bonchev–Trinajstić information content (AvgIpc) is 3.25. The van der Waals surface area contributed by atoms with E-state index in [4.69, 9.17) is 16.3 Å². The zero-order valence-electron chi connectivity index (χ0n) is 21.9. The Morgan fingerprint density at radius 3 is 2.82 bits per heavy atom. The number of hydrogen-bond acceptors (Lipinski definition) is 3. The van der Waals surface area contributed by atoms with Crippen molar-refractivity contribution in [3.05, 3.63) is 22.8 Å². The lowest BCUT2D eigenvalue weighted by Crippen LogP contribution is -2.52. The number of nitrogens with zero attached hydrogens (tertiary/aromatic N) is 1. The van der Waals surface area contributed by atoms with Crippen molar-refractivity contribution in [3.8, 4) is 0 Å². The first-order valence-electron chi connectivity index (χ1n) is 14.3. The number of ether oxygens (including phenoxy) is 1. The van der Waals surface area contributed by atoms with Crippen molar-refractivity contribution in [2.24, 2.45) is 35.0 Å². The van der Waals surface area contributed by atoms with Crippen molar-refractivity contribution in [3.63, 3.8) is 0 Å². The highest BCUT2D eigenvalue weighted by molar-refractivity contribution is 6.18. The zero-order chi connectivity index (χ0) is 23.8. The Kier molecular flexibility index (Phi) is 6.08. The first-order chi connectivity index (χ1) is 16.3. The predicted octanol–water partition coefficient (Wildman–Crippen LogP) is 6.34. The molecule has 34 heavy (non-hydrogen) atoms. The van der Waals surface area contributed by atoms with Crippen molar-refractivity contribution in [1.29, 1.82) is 0 Å². The molecule has 1 spiro atoms. The van der Waals surface area contributed by atoms with Crippen LogP contribution < -0.4 is 0 Å². The van der Waals surface area contributed by atoms with Gasteiger partial charge in [0.15, 0.2) is 0 Å². The lowest BCUT2D eigenvalue weighted by molar-refractivity contribution is -0.0790. The normalized spacial score (nSPS) is 50.9. The molecule has 2 unspecified atom stereocenters. The van der Waals surface area contributed by atoms with Gasteiger partial charge in [0.05, 0.1) is 17.8 Å². The topological polar surface area (TPSA) is 32.7 Å². The molecule has 4 aliphatic carbocycles. The highest BCUT2D eigenvalue weighted by Gasteiger charge is 2.59. The van der Waals surface area contributed by atoms with Crippen LogP contribution in [-0.2, 0) is 4.74 Å². The second kappa shape index (κ2) is 8.61. The van der Waals surface area contributed by atoms with Crippen LogP contribution in [0.5, 0.6) is 0 Å². The van der Waals surface area contributed by atoms with Crippen LogP contribution in [0.25, 0.3) is 0 Å². The monoisotopic (exact) mass is 487 g/mol. The number of hydrogen-bond donors (Lipinski definition) is 1. The second-order valence-electron chi connectivity index (χ2n) is 13.4. The van der Waals surface area contributed by atoms with Crippen LogP contribution in [0.15, 0.2) is 22.8 Å². The van der Waals surface area contributed by atoms with Crippen molar-refractivity contribution in [1.82, 2.24) is 4.90 Å². The van der Waals surface area contributed by atoms with Gasteiger partial charge in [-0.3, -0.25) is 4.90 Å². The highest BCUT2D eigenvalue weighted by Crippen LogP contribution is 2.64. The van der Waals surface area contributed by atoms with Crippen LogP contribution in [0, 0.1) is 35.0 Å². The Labute approximate surface area is 212 Å². The molecule has 4 fully saturated rings. The molecule has 0 amide bonds. The Morgan fingerprint density at radius 1 is 1.21 bits per heavy atom. The molecule has 6 aliphatic rings. The lowest BCUT2D eigenvalue weighted by Gasteiger charge is -2.49. The summed E-state index contributed by atoms with van der Waals surface area (Å²) in [5, 5.41) is 10.3. The largest absolute Gasteiger partial charge is 0.389 e. The Bertz CT molecular complexity index is 883. The van der Waals surface area contributed by atoms with Gasteiger partial charge < -0.3 is 9.84 Å². The maximum atomic E-state index is 10.3. The molecule has 2 saturated carbocycles. The number of likely N-dealkylation sites (tertiary alicyclic amines) is 1. The Hall–Kier alpha value is -0.350. The molecule has 0 aromatic carbocycles. The SMILES string of the molecule is CC1=C2C[C@H]3C(CCC4=C[C@@H](O)CC[C@@]43C)[C@@H]2CCC2(C1)O[C@@H]1C[C@H](C)CN(CCCl)[C@H]1[C@H]2C. The smallest absolute Gasteiger partial charge is 0.0765 e. The second-order valence-corrected chi connectivity index (χ2v) is 13.8. The summed E-state index contributed by atoms with van der Waals surface area (Å²) in [6.45, 7) is 12.0. The van der Waals surface area contributed by atoms with E-state index < -0.39 is 0 Å². The molecule has 6 rings (SSSR count). The number of rotatable bonds is 2. The van der Waals surface area contributed by atoms with Gasteiger partial charge in [0.2, 0.25) is 0 Å². The molecule has 2 aliphatic heterocycles. The van der Waals surface area contributed by atoms with Crippen molar-refractivity contribution in [2.75, 3.05) is 19.0 Å². The number of aliphatic hydroxyl groups excluding tert-OH is 1. The molecule has 2 heterocycles. The molecule has 0 bridgehead atoms. The van der Waals surface area contributed by atoms with Gasteiger partial charge in [-0.1, -0.05) is 43.6 Å². The third-order valence-corrected chi connectivity index (χ3v) is 11.8. The summed E-state index contributed by atoms with van der Waals surface area (Å²) in [4.78, 5) is 2.67. The van der Waals surface area contributed by atoms with E-state index in [-0.39, 0.29) is 11.7 Å². The number of aliphatic hydroxyl groups is 1. The molecule has 0 radical (unpaired) electrons. The molecule has 10 atom stereocenters. The van der Waals surface area contributed by atoms with Gasteiger partial charge in [0, 0.05) is 30.9 Å². The van der Waals surface area contributed by atoms with Gasteiger partial charge in [-0.05, 0) is 93.8 Å². The Balaban J connectivity index is 1.28. The summed E-state index contributed by atoms with van der Waals surface area (Å²) in [7, 11) is 0. The number of piperidine rings is 1. The molecular weight excluding hydrogens is 442 g/mol. The molecule has 0 aromatic rings. The summed E-state index contributed by atoms with van der Waals surface area (Å²) in [6.07, 6.45) is 13.2. The van der Waals surface area contributed by atoms with Crippen LogP contribution in [0.4, 0.5) is 0 Å². The number of fused-ring (bicyclic) bond motifs is 6. The standard InChI is InChI=1S/C30H46ClNO2/c1-18-13-27-28(32(17-18)12-11-31)20(3)30(34-27)10-8-23-24-6-5-21-14-22(33)7-9-29(21,4)26(24)15-25(23)19(2)16-30/h14,18,20,22-24,26-28,33H,5-13,15-17H2,1-4H3/t18-,20+,22-,23-,24?,26-,27+,28-,29-,30?/m0/s1. The number of halogens is 1. The Morgan fingerprint density at radius 2 is 2.03 bits per heavy atom. The summed E-state index contributed by atoms with van der Waals surface area (Å²) in [5.41, 5.74) is 5.36. The molecule has 190 valence electrons. The maximum Gasteiger partial charge on any atom is 0.0765 e. The molecule has 4 heteroatoms. The highest BCUT2D eigenvalue weighted by atomic mass is 35.5. The van der Waals surface area contributed by atoms with Gasteiger partial charge in [-0.2, -0.15) is 0 Å². The lowest BCUT2D eigenvalue weighted by atomic mass is 9.56. The summed E-state index contributed by atoms with van der Waals surface area (Å²) in [6, 6.07) is 0.536. The van der Waals surface area contributed by atoms with Crippen LogP contribution in [0.3, 0.4) is 0 Å². The molecule has 2 saturated heterocycles. The van der Waals surface area contributed by atoms with Crippen LogP contribution in [-0.4, -0.2) is 52.8 Å². The van der Waals surface area contributed by atoms with Gasteiger partial charge >= 0.3 is 0 Å². The minimum absolute atomic E-state index is 0.0133. The van der Waals surface area contributed by atoms with Crippen molar-refractivity contribution >= 4 is 11.6 Å². The number of alkyl halides is 1. The van der Waals surface area contributed by atoms with Gasteiger partial charge in [-0.15, -0.1) is 11.6 Å². The van der Waals surface area contributed by atoms with Crippen molar-refractivity contribution in [2.45, 2.75) is 109 Å². The van der Waals surface area contributed by atoms with E-state index in [1.807, 2.05) is 0 Å². The molecule has 3 nitrogen and oxygen atoms in total. The maximum absolute atomic E-state index is 10.3. The first kappa shape index (κ1) is 24.0. The third-order valence-electron chi connectivity index (χ3n) is 11.6. The van der Waals surface area contributed by atoms with E-state index in [2.05, 4.69) is 38.7 Å². The van der Waals surface area contributed by atoms with E-state index in [0.717, 1.165) is 43.0 Å². The van der Waals surface area contributed by atoms with E-state index >= 15 is 0 Å². The quantitative estimate of drug-likeness (QED) is 0.364. The van der Waals surface area contributed by atoms with Crippen molar-refractivity contribution < 1.29 is 9.84 Å². The van der Waals surface area contributed by atoms with Gasteiger partial charge in [0.25, 0.3) is 0 Å². The van der Waals surface area contributed by atoms with Gasteiger partial charge in [-0.25, -0.2) is 0 Å². The summed E-state index contributed by atoms with van der Waals surface area (Å²) >= 11 is 6.24. The molecular formula is C30H46ClNO2. The van der Waals surface area contributed by atoms with E-state index in [9.17, 15) is 5.11 Å².